The van der Waals surface area contributed by atoms with Gasteiger partial charge in [0.15, 0.2) is 0 Å². The Hall–Kier alpha value is -0.0100. The molecular formula is C43H88ClN. The van der Waals surface area contributed by atoms with Crippen molar-refractivity contribution in [2.75, 3.05) is 20.1 Å². The Bertz CT molecular complexity index is 512. The third-order valence-electron chi connectivity index (χ3n) is 10.9. The maximum absolute atomic E-state index is 4.12. The number of unbranched alkanes of at least 4 members (excludes halogenated alkanes) is 30. The van der Waals surface area contributed by atoms with Crippen molar-refractivity contribution in [3.8, 4) is 0 Å². The zero-order valence-corrected chi connectivity index (χ0v) is 32.9. The van der Waals surface area contributed by atoms with E-state index >= 15 is 0 Å². The summed E-state index contributed by atoms with van der Waals surface area (Å²) >= 11 is 0. The molecule has 0 radical (unpaired) electrons. The van der Waals surface area contributed by atoms with Crippen LogP contribution in [-0.2, 0) is 0 Å². The molecule has 45 heavy (non-hydrogen) atoms. The first kappa shape index (κ1) is 47.1. The highest BCUT2D eigenvalue weighted by Crippen LogP contribution is 2.24. The van der Waals surface area contributed by atoms with Gasteiger partial charge in [-0.1, -0.05) is 213 Å². The summed E-state index contributed by atoms with van der Waals surface area (Å²) < 4.78 is 1.21. The minimum Gasteiger partial charge on any atom is -1.00 e. The second-order valence-electron chi connectivity index (χ2n) is 15.1. The normalized spacial score (nSPS) is 12.8. The van der Waals surface area contributed by atoms with Gasteiger partial charge in [0.25, 0.3) is 0 Å². The van der Waals surface area contributed by atoms with Crippen LogP contribution in [0.5, 0.6) is 0 Å². The Morgan fingerprint density at radius 1 is 0.400 bits per heavy atom. The Kier molecular flexibility index (Phi) is 40.2. The molecule has 1 unspecified atom stereocenters. The third-order valence-corrected chi connectivity index (χ3v) is 10.9. The molecule has 0 spiro atoms. The average molecular weight is 655 g/mol. The second-order valence-corrected chi connectivity index (χ2v) is 15.1. The van der Waals surface area contributed by atoms with E-state index in [2.05, 4.69) is 40.5 Å². The number of nitrogens with zero attached hydrogens (tertiary/aromatic N) is 1. The molecule has 0 fully saturated rings. The van der Waals surface area contributed by atoms with E-state index in [4.69, 9.17) is 0 Å². The molecule has 1 nitrogen and oxygen atoms in total. The topological polar surface area (TPSA) is 0 Å². The fourth-order valence-electron chi connectivity index (χ4n) is 7.46. The van der Waals surface area contributed by atoms with E-state index in [0.29, 0.717) is 0 Å². The molecule has 1 atom stereocenters. The summed E-state index contributed by atoms with van der Waals surface area (Å²) in [5, 5.41) is 0. The molecule has 0 rings (SSSR count). The van der Waals surface area contributed by atoms with Gasteiger partial charge in [0.2, 0.25) is 0 Å². The molecule has 0 bridgehead atoms. The first-order valence-corrected chi connectivity index (χ1v) is 21.1. The fourth-order valence-corrected chi connectivity index (χ4v) is 7.46. The molecule has 0 aromatic carbocycles. The molecule has 0 N–H and O–H groups in total. The van der Waals surface area contributed by atoms with Crippen molar-refractivity contribution in [2.24, 2.45) is 0 Å². The molecule has 0 aliphatic heterocycles. The van der Waals surface area contributed by atoms with E-state index in [1.807, 2.05) is 0 Å². The van der Waals surface area contributed by atoms with E-state index < -0.39 is 0 Å². The summed E-state index contributed by atoms with van der Waals surface area (Å²) in [6.45, 7) is 13.5. The van der Waals surface area contributed by atoms with E-state index in [1.54, 1.807) is 0 Å². The quantitative estimate of drug-likeness (QED) is 0.0353. The number of hydrogen-bond donors (Lipinski definition) is 0. The lowest BCUT2D eigenvalue weighted by atomic mass is 9.96. The molecule has 0 aliphatic rings. The number of rotatable bonds is 38. The Balaban J connectivity index is 0. The summed E-state index contributed by atoms with van der Waals surface area (Å²) in [6, 6.07) is 0.830. The SMILES string of the molecule is C=CC[N+](C)(CC)C(CCCCCCCCCCCCCCCCCC)CCCCCCCCCCCCCCCCCC.[Cl-]. The molecular weight excluding hydrogens is 566 g/mol. The van der Waals surface area contributed by atoms with Crippen LogP contribution in [0.25, 0.3) is 0 Å². The average Bonchev–Trinajstić information content (AvgIpc) is 3.03. The molecule has 2 heteroatoms. The summed E-state index contributed by atoms with van der Waals surface area (Å²) in [5.74, 6) is 0. The number of likely N-dealkylation sites (N-methyl/N-ethyl adjacent to an activating group) is 1. The van der Waals surface area contributed by atoms with Gasteiger partial charge in [-0.05, 0) is 38.7 Å². The van der Waals surface area contributed by atoms with Crippen LogP contribution in [0.2, 0.25) is 0 Å². The van der Waals surface area contributed by atoms with Crippen LogP contribution in [0.3, 0.4) is 0 Å². The smallest absolute Gasteiger partial charge is 0.0971 e. The van der Waals surface area contributed by atoms with Gasteiger partial charge in [-0.25, -0.2) is 0 Å². The summed E-state index contributed by atoms with van der Waals surface area (Å²) in [4.78, 5) is 0. The maximum atomic E-state index is 4.12. The first-order valence-electron chi connectivity index (χ1n) is 21.1. The minimum absolute atomic E-state index is 0. The van der Waals surface area contributed by atoms with Gasteiger partial charge in [0, 0.05) is 0 Å². The monoisotopic (exact) mass is 654 g/mol. The zero-order valence-electron chi connectivity index (χ0n) is 32.1. The highest BCUT2D eigenvalue weighted by Gasteiger charge is 2.28. The van der Waals surface area contributed by atoms with Crippen molar-refractivity contribution in [1.29, 1.82) is 0 Å². The summed E-state index contributed by atoms with van der Waals surface area (Å²) in [7, 11) is 2.51. The van der Waals surface area contributed by atoms with Crippen molar-refractivity contribution < 1.29 is 16.9 Å². The maximum Gasteiger partial charge on any atom is 0.0971 e. The van der Waals surface area contributed by atoms with Crippen LogP contribution in [0.1, 0.15) is 239 Å². The lowest BCUT2D eigenvalue weighted by Gasteiger charge is -2.41. The highest BCUT2D eigenvalue weighted by molar-refractivity contribution is 4.70. The first-order chi connectivity index (χ1) is 21.6. The molecule has 0 aliphatic carbocycles. The number of halogens is 1. The van der Waals surface area contributed by atoms with Crippen LogP contribution in [0.15, 0.2) is 12.7 Å². The van der Waals surface area contributed by atoms with Crippen LogP contribution in [-0.4, -0.2) is 30.7 Å². The van der Waals surface area contributed by atoms with Gasteiger partial charge in [-0.2, -0.15) is 0 Å². The molecule has 0 heterocycles. The highest BCUT2D eigenvalue weighted by atomic mass is 35.5. The number of hydrogen-bond acceptors (Lipinski definition) is 0. The molecule has 0 saturated heterocycles. The molecule has 0 amide bonds. The van der Waals surface area contributed by atoms with E-state index in [0.717, 1.165) is 12.6 Å². The van der Waals surface area contributed by atoms with Crippen molar-refractivity contribution in [1.82, 2.24) is 0 Å². The van der Waals surface area contributed by atoms with E-state index in [9.17, 15) is 0 Å². The van der Waals surface area contributed by atoms with Crippen molar-refractivity contribution in [2.45, 2.75) is 245 Å². The lowest BCUT2D eigenvalue weighted by Crippen LogP contribution is -3.00. The van der Waals surface area contributed by atoms with Crippen LogP contribution >= 0.6 is 0 Å². The Morgan fingerprint density at radius 2 is 0.622 bits per heavy atom. The van der Waals surface area contributed by atoms with Crippen molar-refractivity contribution in [3.63, 3.8) is 0 Å². The zero-order chi connectivity index (χ0) is 32.2. The van der Waals surface area contributed by atoms with Gasteiger partial charge < -0.3 is 16.9 Å². The molecule has 0 saturated carbocycles. The minimum atomic E-state index is 0. The van der Waals surface area contributed by atoms with Gasteiger partial charge in [-0.15, -0.1) is 0 Å². The van der Waals surface area contributed by atoms with Crippen LogP contribution < -0.4 is 12.4 Å². The van der Waals surface area contributed by atoms with E-state index in [-0.39, 0.29) is 12.4 Å². The molecule has 0 aromatic heterocycles. The van der Waals surface area contributed by atoms with Crippen LogP contribution in [0, 0.1) is 0 Å². The largest absolute Gasteiger partial charge is 1.00 e. The van der Waals surface area contributed by atoms with Gasteiger partial charge >= 0.3 is 0 Å². The third kappa shape index (κ3) is 32.3. The summed E-state index contributed by atoms with van der Waals surface area (Å²) in [6.07, 6.45) is 51.8. The Labute approximate surface area is 294 Å². The van der Waals surface area contributed by atoms with Crippen LogP contribution in [0.4, 0.5) is 0 Å². The number of quaternary nitrogens is 1. The second kappa shape index (κ2) is 38.4. The van der Waals surface area contributed by atoms with Gasteiger partial charge in [0.05, 0.1) is 26.2 Å². The van der Waals surface area contributed by atoms with Crippen molar-refractivity contribution >= 4 is 0 Å². The van der Waals surface area contributed by atoms with Crippen molar-refractivity contribution in [3.05, 3.63) is 12.7 Å². The Morgan fingerprint density at radius 3 is 0.822 bits per heavy atom. The molecule has 272 valence electrons. The fraction of sp³-hybridized carbons (Fsp3) is 0.953. The summed E-state index contributed by atoms with van der Waals surface area (Å²) in [5.41, 5.74) is 0. The molecule has 0 aromatic rings. The van der Waals surface area contributed by atoms with E-state index in [1.165, 1.54) is 229 Å². The lowest BCUT2D eigenvalue weighted by molar-refractivity contribution is -0.927. The van der Waals surface area contributed by atoms with Gasteiger partial charge in [0.1, 0.15) is 0 Å². The predicted octanol–water partition coefficient (Wildman–Crippen LogP) is 12.3. The standard InChI is InChI=1S/C43H88N.ClH/c1-6-10-12-14-16-18-20-22-24-26-28-30-32-34-36-38-40-43(44(5,9-4)42-8-3)41-39-37-35-33-31-29-27-25-23-21-19-17-15-13-11-7-2;/h8,43H,3,6-7,9-42H2,1-2,4-5H3;1H/q+1;/p-1. The van der Waals surface area contributed by atoms with Gasteiger partial charge in [-0.3, -0.25) is 0 Å². The predicted molar refractivity (Wildman–Crippen MR) is 204 cm³/mol.